The third-order valence-electron chi connectivity index (χ3n) is 4.30. The smallest absolute Gasteiger partial charge is 0.408 e. The minimum absolute atomic E-state index is 0.0899. The highest BCUT2D eigenvalue weighted by atomic mass is 16.5. The lowest BCUT2D eigenvalue weighted by molar-refractivity contribution is -0.142. The van der Waals surface area contributed by atoms with Crippen molar-refractivity contribution in [2.75, 3.05) is 0 Å². The molecular weight excluding hydrogens is 348 g/mol. The number of aliphatic carboxylic acids is 1. The molecule has 0 aliphatic heterocycles. The van der Waals surface area contributed by atoms with Gasteiger partial charge >= 0.3 is 12.1 Å². The molecule has 7 heteroatoms. The molecule has 0 unspecified atom stereocenters. The number of ether oxygens (including phenoxy) is 1. The van der Waals surface area contributed by atoms with Crippen LogP contribution in [0.25, 0.3) is 0 Å². The molecule has 0 fully saturated rings. The summed E-state index contributed by atoms with van der Waals surface area (Å²) in [5.74, 6) is -1.68. The number of carbonyl (C=O) groups excluding carboxylic acids is 2. The summed E-state index contributed by atoms with van der Waals surface area (Å²) in [6.45, 7) is 7.57. The van der Waals surface area contributed by atoms with Crippen LogP contribution in [0.1, 0.15) is 46.1 Å². The number of rotatable bonds is 10. The molecular formula is C20H30N2O5. The molecule has 1 rings (SSSR count). The quantitative estimate of drug-likeness (QED) is 0.581. The molecule has 3 atom stereocenters. The fourth-order valence-electron chi connectivity index (χ4n) is 2.55. The number of alkyl carbamates (subject to hydrolysis) is 1. The summed E-state index contributed by atoms with van der Waals surface area (Å²) in [5, 5.41) is 14.4. The predicted octanol–water partition coefficient (Wildman–Crippen LogP) is 2.94. The molecule has 0 spiro atoms. The van der Waals surface area contributed by atoms with Crippen molar-refractivity contribution in [3.8, 4) is 0 Å². The van der Waals surface area contributed by atoms with Gasteiger partial charge in [-0.3, -0.25) is 4.79 Å². The number of nitrogens with one attached hydrogen (secondary N) is 2. The fraction of sp³-hybridized carbons (Fsp3) is 0.550. The lowest BCUT2D eigenvalue weighted by atomic mass is 9.97. The highest BCUT2D eigenvalue weighted by molar-refractivity contribution is 5.89. The van der Waals surface area contributed by atoms with Gasteiger partial charge in [0.15, 0.2) is 0 Å². The normalized spacial score (nSPS) is 14.1. The average molecular weight is 378 g/mol. The minimum atomic E-state index is -1.09. The van der Waals surface area contributed by atoms with E-state index in [1.54, 1.807) is 0 Å². The van der Waals surface area contributed by atoms with E-state index in [0.29, 0.717) is 12.8 Å². The first-order valence-electron chi connectivity index (χ1n) is 9.24. The molecule has 0 aliphatic carbocycles. The van der Waals surface area contributed by atoms with Crippen molar-refractivity contribution in [2.24, 2.45) is 11.8 Å². The Hall–Kier alpha value is -2.57. The van der Waals surface area contributed by atoms with Crippen molar-refractivity contribution in [1.29, 1.82) is 0 Å². The molecule has 0 heterocycles. The maximum absolute atomic E-state index is 12.6. The molecule has 7 nitrogen and oxygen atoms in total. The molecule has 2 amide bonds. The van der Waals surface area contributed by atoms with Crippen molar-refractivity contribution in [3.05, 3.63) is 35.9 Å². The highest BCUT2D eigenvalue weighted by Gasteiger charge is 2.30. The Labute approximate surface area is 160 Å². The van der Waals surface area contributed by atoms with E-state index in [4.69, 9.17) is 4.74 Å². The Morgan fingerprint density at radius 1 is 1.07 bits per heavy atom. The summed E-state index contributed by atoms with van der Waals surface area (Å²) < 4.78 is 5.17. The van der Waals surface area contributed by atoms with Crippen LogP contribution in [-0.4, -0.2) is 35.2 Å². The second-order valence-corrected chi connectivity index (χ2v) is 7.10. The van der Waals surface area contributed by atoms with Gasteiger partial charge in [-0.1, -0.05) is 64.4 Å². The van der Waals surface area contributed by atoms with Gasteiger partial charge in [0.25, 0.3) is 0 Å². The molecule has 1 aromatic carbocycles. The molecule has 1 aromatic rings. The van der Waals surface area contributed by atoms with Gasteiger partial charge < -0.3 is 20.5 Å². The van der Waals surface area contributed by atoms with Crippen molar-refractivity contribution in [1.82, 2.24) is 10.6 Å². The van der Waals surface area contributed by atoms with E-state index in [9.17, 15) is 19.5 Å². The first-order valence-corrected chi connectivity index (χ1v) is 9.24. The molecule has 0 bridgehead atoms. The fourth-order valence-corrected chi connectivity index (χ4v) is 2.55. The van der Waals surface area contributed by atoms with Gasteiger partial charge in [0.1, 0.15) is 18.7 Å². The van der Waals surface area contributed by atoms with E-state index in [1.165, 1.54) is 0 Å². The van der Waals surface area contributed by atoms with Crippen LogP contribution >= 0.6 is 0 Å². The maximum atomic E-state index is 12.6. The lowest BCUT2D eigenvalue weighted by Gasteiger charge is -2.25. The Balaban J connectivity index is 2.71. The van der Waals surface area contributed by atoms with Crippen LogP contribution in [0.5, 0.6) is 0 Å². The zero-order chi connectivity index (χ0) is 20.4. The summed E-state index contributed by atoms with van der Waals surface area (Å²) in [7, 11) is 0. The van der Waals surface area contributed by atoms with Crippen LogP contribution in [0.2, 0.25) is 0 Å². The van der Waals surface area contributed by atoms with E-state index < -0.39 is 30.1 Å². The Morgan fingerprint density at radius 2 is 1.70 bits per heavy atom. The number of carbonyl (C=O) groups is 3. The second-order valence-electron chi connectivity index (χ2n) is 7.10. The van der Waals surface area contributed by atoms with Crippen molar-refractivity contribution in [2.45, 2.75) is 59.2 Å². The molecule has 0 aliphatic rings. The number of benzene rings is 1. The molecule has 0 radical (unpaired) electrons. The third kappa shape index (κ3) is 8.11. The van der Waals surface area contributed by atoms with Gasteiger partial charge in [0.2, 0.25) is 5.91 Å². The molecule has 150 valence electrons. The van der Waals surface area contributed by atoms with Crippen LogP contribution in [0, 0.1) is 11.8 Å². The zero-order valence-corrected chi connectivity index (χ0v) is 16.4. The van der Waals surface area contributed by atoms with Crippen molar-refractivity contribution in [3.63, 3.8) is 0 Å². The second kappa shape index (κ2) is 11.2. The summed E-state index contributed by atoms with van der Waals surface area (Å²) in [5.41, 5.74) is 0.833. The molecule has 3 N–H and O–H groups in total. The topological polar surface area (TPSA) is 105 Å². The first kappa shape index (κ1) is 22.5. The van der Waals surface area contributed by atoms with Gasteiger partial charge in [0.05, 0.1) is 0 Å². The van der Waals surface area contributed by atoms with Crippen LogP contribution in [0.15, 0.2) is 30.3 Å². The van der Waals surface area contributed by atoms with Gasteiger partial charge in [-0.15, -0.1) is 0 Å². The van der Waals surface area contributed by atoms with Crippen molar-refractivity contribution < 1.29 is 24.2 Å². The first-order chi connectivity index (χ1) is 12.7. The Kier molecular flexibility index (Phi) is 9.33. The Morgan fingerprint density at radius 3 is 2.22 bits per heavy atom. The average Bonchev–Trinajstić information content (AvgIpc) is 2.63. The Bertz CT molecular complexity index is 618. The molecule has 0 aromatic heterocycles. The maximum Gasteiger partial charge on any atom is 0.408 e. The lowest BCUT2D eigenvalue weighted by Crippen LogP contribution is -2.54. The molecule has 27 heavy (non-hydrogen) atoms. The number of amides is 2. The van der Waals surface area contributed by atoms with Gasteiger partial charge in [0, 0.05) is 0 Å². The van der Waals surface area contributed by atoms with E-state index in [-0.39, 0.29) is 18.4 Å². The van der Waals surface area contributed by atoms with Crippen LogP contribution in [-0.2, 0) is 20.9 Å². The predicted molar refractivity (Wildman–Crippen MR) is 102 cm³/mol. The van der Waals surface area contributed by atoms with Gasteiger partial charge in [-0.05, 0) is 23.8 Å². The van der Waals surface area contributed by atoms with E-state index in [0.717, 1.165) is 5.56 Å². The van der Waals surface area contributed by atoms with Crippen molar-refractivity contribution >= 4 is 18.0 Å². The summed E-state index contributed by atoms with van der Waals surface area (Å²) in [4.78, 5) is 36.1. The summed E-state index contributed by atoms with van der Waals surface area (Å²) in [6, 6.07) is 7.34. The third-order valence-corrected chi connectivity index (χ3v) is 4.30. The molecule has 0 saturated heterocycles. The number of carboxylic acids is 1. The monoisotopic (exact) mass is 378 g/mol. The van der Waals surface area contributed by atoms with E-state index in [2.05, 4.69) is 10.6 Å². The number of hydrogen-bond acceptors (Lipinski definition) is 4. The number of hydrogen-bond donors (Lipinski definition) is 3. The standard InChI is InChI=1S/C20H30N2O5/c1-5-14(4)17(18(23)21-16(19(24)25)11-13(2)3)22-20(26)27-12-15-9-7-6-8-10-15/h6-10,13-14,16-17H,5,11-12H2,1-4H3,(H,21,23)(H,22,26)(H,24,25)/t14-,16-,17-/m0/s1. The van der Waals surface area contributed by atoms with Gasteiger partial charge in [-0.2, -0.15) is 0 Å². The van der Waals surface area contributed by atoms with Crippen LogP contribution in [0.3, 0.4) is 0 Å². The largest absolute Gasteiger partial charge is 0.480 e. The highest BCUT2D eigenvalue weighted by Crippen LogP contribution is 2.11. The SMILES string of the molecule is CC[C@H](C)[C@H](NC(=O)OCc1ccccc1)C(=O)N[C@@H](CC(C)C)C(=O)O. The summed E-state index contributed by atoms with van der Waals surface area (Å²) in [6.07, 6.45) is 0.237. The van der Waals surface area contributed by atoms with Gasteiger partial charge in [-0.25, -0.2) is 9.59 Å². The minimum Gasteiger partial charge on any atom is -0.480 e. The van der Waals surface area contributed by atoms with E-state index >= 15 is 0 Å². The van der Waals surface area contributed by atoms with E-state index in [1.807, 2.05) is 58.0 Å². The number of carboxylic acid groups (broad SMARTS) is 1. The van der Waals surface area contributed by atoms with Crippen LogP contribution < -0.4 is 10.6 Å². The molecule has 0 saturated carbocycles. The van der Waals surface area contributed by atoms with Crippen LogP contribution in [0.4, 0.5) is 4.79 Å². The summed E-state index contributed by atoms with van der Waals surface area (Å²) >= 11 is 0. The zero-order valence-electron chi connectivity index (χ0n) is 16.4.